The Labute approximate surface area is 171 Å². The molecule has 2 fully saturated rings. The predicted molar refractivity (Wildman–Crippen MR) is 113 cm³/mol. The SMILES string of the molecule is O=C1N[C@@H](CS)C(=O)N(Cc2ccc3ccccc3n2)[C@H]1CC1CCCCC1. The van der Waals surface area contributed by atoms with E-state index in [9.17, 15) is 9.59 Å². The van der Waals surface area contributed by atoms with Crippen LogP contribution in [-0.2, 0) is 16.1 Å². The third-order valence-electron chi connectivity index (χ3n) is 6.03. The van der Waals surface area contributed by atoms with Gasteiger partial charge >= 0.3 is 0 Å². The van der Waals surface area contributed by atoms with Gasteiger partial charge in [-0.3, -0.25) is 14.6 Å². The average Bonchev–Trinajstić information content (AvgIpc) is 2.73. The molecular weight excluding hydrogens is 370 g/mol. The van der Waals surface area contributed by atoms with Crippen LogP contribution in [0.5, 0.6) is 0 Å². The molecule has 2 aromatic rings. The molecule has 6 heteroatoms. The summed E-state index contributed by atoms with van der Waals surface area (Å²) in [4.78, 5) is 32.4. The molecule has 2 amide bonds. The molecule has 0 unspecified atom stereocenters. The quantitative estimate of drug-likeness (QED) is 0.761. The van der Waals surface area contributed by atoms with Crippen molar-refractivity contribution in [2.45, 2.75) is 57.2 Å². The van der Waals surface area contributed by atoms with Crippen LogP contribution in [0.2, 0.25) is 0 Å². The number of benzene rings is 1. The molecular formula is C22H27N3O2S. The third-order valence-corrected chi connectivity index (χ3v) is 6.39. The number of amides is 2. The Balaban J connectivity index is 1.59. The molecule has 2 atom stereocenters. The predicted octanol–water partition coefficient (Wildman–Crippen LogP) is 3.33. The smallest absolute Gasteiger partial charge is 0.247 e. The van der Waals surface area contributed by atoms with Crippen LogP contribution in [0.1, 0.15) is 44.2 Å². The van der Waals surface area contributed by atoms with Crippen LogP contribution in [0.4, 0.5) is 0 Å². The lowest BCUT2D eigenvalue weighted by atomic mass is 9.83. The van der Waals surface area contributed by atoms with Crippen molar-refractivity contribution in [1.82, 2.24) is 15.2 Å². The van der Waals surface area contributed by atoms with Crippen molar-refractivity contribution in [1.29, 1.82) is 0 Å². The van der Waals surface area contributed by atoms with Gasteiger partial charge in [0, 0.05) is 11.1 Å². The van der Waals surface area contributed by atoms with E-state index in [1.807, 2.05) is 36.4 Å². The molecule has 1 N–H and O–H groups in total. The van der Waals surface area contributed by atoms with Crippen LogP contribution >= 0.6 is 12.6 Å². The van der Waals surface area contributed by atoms with Gasteiger partial charge in [-0.25, -0.2) is 0 Å². The number of hydrogen-bond donors (Lipinski definition) is 2. The van der Waals surface area contributed by atoms with Crippen molar-refractivity contribution in [3.8, 4) is 0 Å². The van der Waals surface area contributed by atoms with Crippen molar-refractivity contribution in [2.75, 3.05) is 5.75 Å². The fraction of sp³-hybridized carbons (Fsp3) is 0.500. The lowest BCUT2D eigenvalue weighted by Gasteiger charge is -2.40. The molecule has 1 aliphatic carbocycles. The number of aromatic nitrogens is 1. The Morgan fingerprint density at radius 2 is 1.86 bits per heavy atom. The highest BCUT2D eigenvalue weighted by Crippen LogP contribution is 2.30. The van der Waals surface area contributed by atoms with E-state index in [1.54, 1.807) is 4.90 Å². The summed E-state index contributed by atoms with van der Waals surface area (Å²) in [6, 6.07) is 10.9. The van der Waals surface area contributed by atoms with Gasteiger partial charge in [0.25, 0.3) is 0 Å². The minimum atomic E-state index is -0.557. The molecule has 0 radical (unpaired) electrons. The number of carbonyl (C=O) groups is 2. The summed E-state index contributed by atoms with van der Waals surface area (Å²) < 4.78 is 0. The highest BCUT2D eigenvalue weighted by atomic mass is 32.1. The molecule has 5 nitrogen and oxygen atoms in total. The first kappa shape index (κ1) is 19.2. The highest BCUT2D eigenvalue weighted by molar-refractivity contribution is 7.80. The number of rotatable bonds is 5. The van der Waals surface area contributed by atoms with Gasteiger partial charge in [-0.2, -0.15) is 12.6 Å². The van der Waals surface area contributed by atoms with Crippen molar-refractivity contribution < 1.29 is 9.59 Å². The average molecular weight is 398 g/mol. The zero-order valence-electron chi connectivity index (χ0n) is 16.0. The minimum absolute atomic E-state index is 0.0506. The van der Waals surface area contributed by atoms with E-state index in [0.717, 1.165) is 35.9 Å². The van der Waals surface area contributed by atoms with Crippen molar-refractivity contribution in [3.05, 3.63) is 42.1 Å². The first-order chi connectivity index (χ1) is 13.7. The number of thiol groups is 1. The van der Waals surface area contributed by atoms with Gasteiger partial charge < -0.3 is 10.2 Å². The van der Waals surface area contributed by atoms with Gasteiger partial charge in [0.1, 0.15) is 12.1 Å². The second kappa shape index (κ2) is 8.52. The molecule has 1 saturated heterocycles. The standard InChI is InChI=1S/C22H27N3O2S/c26-21-20(12-15-6-2-1-3-7-15)25(22(27)19(14-28)24-21)13-17-11-10-16-8-4-5-9-18(16)23-17/h4-5,8-11,15,19-20,28H,1-3,6-7,12-14H2,(H,24,26)/t19-,20-/m0/s1. The minimum Gasteiger partial charge on any atom is -0.342 e. The van der Waals surface area contributed by atoms with E-state index >= 15 is 0 Å². The molecule has 1 saturated carbocycles. The molecule has 1 aromatic heterocycles. The lowest BCUT2D eigenvalue weighted by molar-refractivity contribution is -0.150. The maximum Gasteiger partial charge on any atom is 0.247 e. The number of para-hydroxylation sites is 1. The largest absolute Gasteiger partial charge is 0.342 e. The van der Waals surface area contributed by atoms with Crippen LogP contribution in [0.15, 0.2) is 36.4 Å². The zero-order chi connectivity index (χ0) is 19.5. The summed E-state index contributed by atoms with van der Waals surface area (Å²) in [5.74, 6) is 0.717. The van der Waals surface area contributed by atoms with Crippen LogP contribution < -0.4 is 5.32 Å². The summed E-state index contributed by atoms with van der Waals surface area (Å²) in [5.41, 5.74) is 1.72. The number of carbonyl (C=O) groups excluding carboxylic acids is 2. The molecule has 0 spiro atoms. The summed E-state index contributed by atoms with van der Waals surface area (Å²) >= 11 is 4.26. The maximum atomic E-state index is 13.1. The van der Waals surface area contributed by atoms with Crippen LogP contribution in [0, 0.1) is 5.92 Å². The van der Waals surface area contributed by atoms with Gasteiger partial charge in [0.05, 0.1) is 17.8 Å². The summed E-state index contributed by atoms with van der Waals surface area (Å²) in [6.07, 6.45) is 6.76. The number of nitrogens with zero attached hydrogens (tertiary/aromatic N) is 2. The molecule has 2 heterocycles. The topological polar surface area (TPSA) is 62.3 Å². The summed E-state index contributed by atoms with van der Waals surface area (Å²) in [6.45, 7) is 0.360. The Bertz CT molecular complexity index is 866. The fourth-order valence-electron chi connectivity index (χ4n) is 4.48. The number of hydrogen-bond acceptors (Lipinski definition) is 4. The monoisotopic (exact) mass is 397 g/mol. The van der Waals surface area contributed by atoms with E-state index < -0.39 is 12.1 Å². The molecule has 1 aliphatic heterocycles. The van der Waals surface area contributed by atoms with E-state index in [1.165, 1.54) is 19.3 Å². The maximum absolute atomic E-state index is 13.1. The Kier molecular flexibility index (Phi) is 5.85. The van der Waals surface area contributed by atoms with Crippen molar-refractivity contribution in [2.24, 2.45) is 5.92 Å². The van der Waals surface area contributed by atoms with Crippen LogP contribution in [-0.4, -0.2) is 39.5 Å². The third kappa shape index (κ3) is 4.02. The number of pyridine rings is 1. The van der Waals surface area contributed by atoms with E-state index in [2.05, 4.69) is 17.9 Å². The number of fused-ring (bicyclic) bond motifs is 1. The van der Waals surface area contributed by atoms with E-state index in [0.29, 0.717) is 18.2 Å². The fourth-order valence-corrected chi connectivity index (χ4v) is 4.73. The second-order valence-corrected chi connectivity index (χ2v) is 8.33. The van der Waals surface area contributed by atoms with Crippen molar-refractivity contribution in [3.63, 3.8) is 0 Å². The van der Waals surface area contributed by atoms with E-state index in [4.69, 9.17) is 4.98 Å². The number of piperazine rings is 1. The molecule has 2 aliphatic rings. The van der Waals surface area contributed by atoms with Crippen LogP contribution in [0.3, 0.4) is 0 Å². The molecule has 0 bridgehead atoms. The normalized spacial score (nSPS) is 23.8. The zero-order valence-corrected chi connectivity index (χ0v) is 16.9. The second-order valence-electron chi connectivity index (χ2n) is 7.96. The van der Waals surface area contributed by atoms with Gasteiger partial charge in [0.2, 0.25) is 11.8 Å². The van der Waals surface area contributed by atoms with Gasteiger partial charge in [-0.15, -0.1) is 0 Å². The van der Waals surface area contributed by atoms with Crippen LogP contribution in [0.25, 0.3) is 10.9 Å². The Morgan fingerprint density at radius 1 is 1.07 bits per heavy atom. The van der Waals surface area contributed by atoms with Gasteiger partial charge in [-0.1, -0.05) is 56.4 Å². The highest BCUT2D eigenvalue weighted by Gasteiger charge is 2.41. The number of nitrogens with one attached hydrogen (secondary N) is 1. The van der Waals surface area contributed by atoms with Gasteiger partial charge in [0.15, 0.2) is 0 Å². The Morgan fingerprint density at radius 3 is 2.64 bits per heavy atom. The summed E-state index contributed by atoms with van der Waals surface area (Å²) in [7, 11) is 0. The molecule has 28 heavy (non-hydrogen) atoms. The molecule has 148 valence electrons. The first-order valence-corrected chi connectivity index (χ1v) is 10.9. The first-order valence-electron chi connectivity index (χ1n) is 10.2. The molecule has 4 rings (SSSR count). The summed E-state index contributed by atoms with van der Waals surface area (Å²) in [5, 5.41) is 3.94. The van der Waals surface area contributed by atoms with Gasteiger partial charge in [-0.05, 0) is 24.5 Å². The molecule has 1 aromatic carbocycles. The van der Waals surface area contributed by atoms with Crippen molar-refractivity contribution >= 4 is 35.3 Å². The Hall–Kier alpha value is -2.08. The lowest BCUT2D eigenvalue weighted by Crippen LogP contribution is -2.63. The van der Waals surface area contributed by atoms with E-state index in [-0.39, 0.29) is 11.8 Å².